The van der Waals surface area contributed by atoms with Crippen LogP contribution in [-0.2, 0) is 0 Å². The summed E-state index contributed by atoms with van der Waals surface area (Å²) in [5.74, 6) is -1.20. The molecule has 0 aliphatic carbocycles. The molecule has 1 saturated heterocycles. The Labute approximate surface area is 98.8 Å². The van der Waals surface area contributed by atoms with Gasteiger partial charge in [-0.1, -0.05) is 18.5 Å². The largest absolute Gasteiger partial charge is 0.310 e. The third kappa shape index (κ3) is 2.36. The highest BCUT2D eigenvalue weighted by Crippen LogP contribution is 2.29. The van der Waals surface area contributed by atoms with Crippen LogP contribution in [0.5, 0.6) is 0 Å². The van der Waals surface area contributed by atoms with Crippen LogP contribution >= 0.6 is 11.6 Å². The van der Waals surface area contributed by atoms with Crippen LogP contribution in [-0.4, -0.2) is 6.54 Å². The van der Waals surface area contributed by atoms with Crippen LogP contribution < -0.4 is 5.32 Å². The van der Waals surface area contributed by atoms with Gasteiger partial charge in [-0.15, -0.1) is 0 Å². The normalized spacial score (nSPS) is 25.8. The molecule has 0 amide bonds. The Balaban J connectivity index is 2.21. The second-order valence-corrected chi connectivity index (χ2v) is 4.85. The zero-order valence-corrected chi connectivity index (χ0v) is 9.82. The topological polar surface area (TPSA) is 12.0 Å². The maximum absolute atomic E-state index is 13.2. The SMILES string of the molecule is CC1CCC(c2cc(F)c(F)c(Cl)c2)NC1. The number of halogens is 3. The molecule has 0 spiro atoms. The second kappa shape index (κ2) is 4.68. The van der Waals surface area contributed by atoms with E-state index >= 15 is 0 Å². The van der Waals surface area contributed by atoms with Crippen molar-refractivity contribution < 1.29 is 8.78 Å². The van der Waals surface area contributed by atoms with Crippen molar-refractivity contribution in [2.24, 2.45) is 5.92 Å². The van der Waals surface area contributed by atoms with Gasteiger partial charge in [-0.05, 0) is 43.0 Å². The molecule has 1 aromatic rings. The van der Waals surface area contributed by atoms with Crippen molar-refractivity contribution in [1.82, 2.24) is 5.32 Å². The summed E-state index contributed by atoms with van der Waals surface area (Å²) in [6, 6.07) is 2.83. The molecule has 16 heavy (non-hydrogen) atoms. The van der Waals surface area contributed by atoms with Gasteiger partial charge in [-0.25, -0.2) is 8.78 Å². The molecule has 1 nitrogen and oxygen atoms in total. The fourth-order valence-electron chi connectivity index (χ4n) is 2.06. The molecular weight excluding hydrogens is 232 g/mol. The maximum Gasteiger partial charge on any atom is 0.177 e. The summed E-state index contributed by atoms with van der Waals surface area (Å²) in [4.78, 5) is 0. The highest BCUT2D eigenvalue weighted by atomic mass is 35.5. The van der Waals surface area contributed by atoms with E-state index in [9.17, 15) is 8.78 Å². The highest BCUT2D eigenvalue weighted by Gasteiger charge is 2.21. The molecule has 1 N–H and O–H groups in total. The van der Waals surface area contributed by atoms with Gasteiger partial charge in [0.1, 0.15) is 0 Å². The van der Waals surface area contributed by atoms with Crippen molar-refractivity contribution in [3.05, 3.63) is 34.4 Å². The maximum atomic E-state index is 13.2. The minimum absolute atomic E-state index is 0.0869. The molecule has 0 radical (unpaired) electrons. The van der Waals surface area contributed by atoms with E-state index in [4.69, 9.17) is 11.6 Å². The van der Waals surface area contributed by atoms with Crippen molar-refractivity contribution in [1.29, 1.82) is 0 Å². The van der Waals surface area contributed by atoms with E-state index in [0.717, 1.165) is 24.9 Å². The number of benzene rings is 1. The molecule has 2 rings (SSSR count). The summed E-state index contributed by atoms with van der Waals surface area (Å²) in [6.07, 6.45) is 2.02. The lowest BCUT2D eigenvalue weighted by Crippen LogP contribution is -2.31. The van der Waals surface area contributed by atoms with E-state index in [-0.39, 0.29) is 11.1 Å². The first kappa shape index (κ1) is 11.8. The Morgan fingerprint density at radius 2 is 2.06 bits per heavy atom. The molecule has 0 saturated carbocycles. The quantitative estimate of drug-likeness (QED) is 0.745. The lowest BCUT2D eigenvalue weighted by molar-refractivity contribution is 0.332. The first-order valence-corrected chi connectivity index (χ1v) is 5.83. The molecule has 2 atom stereocenters. The zero-order valence-electron chi connectivity index (χ0n) is 9.06. The molecule has 1 aliphatic rings. The van der Waals surface area contributed by atoms with Crippen LogP contribution in [0.25, 0.3) is 0 Å². The monoisotopic (exact) mass is 245 g/mol. The van der Waals surface area contributed by atoms with E-state index in [2.05, 4.69) is 12.2 Å². The van der Waals surface area contributed by atoms with Crippen LogP contribution in [0.1, 0.15) is 31.4 Å². The highest BCUT2D eigenvalue weighted by molar-refractivity contribution is 6.30. The number of rotatable bonds is 1. The summed E-state index contributed by atoms with van der Waals surface area (Å²) in [6.45, 7) is 3.07. The van der Waals surface area contributed by atoms with Crippen LogP contribution in [0.2, 0.25) is 5.02 Å². The molecule has 0 aromatic heterocycles. The Morgan fingerprint density at radius 1 is 1.31 bits per heavy atom. The first-order chi connectivity index (χ1) is 7.58. The first-order valence-electron chi connectivity index (χ1n) is 5.45. The van der Waals surface area contributed by atoms with E-state index in [1.807, 2.05) is 0 Å². The van der Waals surface area contributed by atoms with Crippen molar-refractivity contribution in [3.63, 3.8) is 0 Å². The van der Waals surface area contributed by atoms with E-state index in [1.54, 1.807) is 0 Å². The fraction of sp³-hybridized carbons (Fsp3) is 0.500. The Hall–Kier alpha value is -0.670. The summed E-state index contributed by atoms with van der Waals surface area (Å²) in [5.41, 5.74) is 0.732. The van der Waals surface area contributed by atoms with Crippen molar-refractivity contribution >= 4 is 11.6 Å². The molecule has 1 aliphatic heterocycles. The minimum atomic E-state index is -0.963. The molecule has 1 fully saturated rings. The minimum Gasteiger partial charge on any atom is -0.310 e. The van der Waals surface area contributed by atoms with Gasteiger partial charge in [-0.3, -0.25) is 0 Å². The van der Waals surface area contributed by atoms with Crippen LogP contribution in [0.3, 0.4) is 0 Å². The van der Waals surface area contributed by atoms with E-state index < -0.39 is 11.6 Å². The van der Waals surface area contributed by atoms with Gasteiger partial charge in [0.25, 0.3) is 0 Å². The molecule has 2 unspecified atom stereocenters. The number of nitrogens with one attached hydrogen (secondary N) is 1. The average Bonchev–Trinajstić information content (AvgIpc) is 2.26. The number of hydrogen-bond donors (Lipinski definition) is 1. The molecule has 1 heterocycles. The molecular formula is C12H14ClF2N. The van der Waals surface area contributed by atoms with Gasteiger partial charge in [0.15, 0.2) is 11.6 Å². The molecule has 0 bridgehead atoms. The van der Waals surface area contributed by atoms with Gasteiger partial charge in [0.2, 0.25) is 0 Å². The average molecular weight is 246 g/mol. The predicted octanol–water partition coefficient (Wildman–Crippen LogP) is 3.68. The third-order valence-electron chi connectivity index (χ3n) is 3.07. The lowest BCUT2D eigenvalue weighted by atomic mass is 9.92. The summed E-state index contributed by atoms with van der Waals surface area (Å²) < 4.78 is 26.2. The van der Waals surface area contributed by atoms with Crippen molar-refractivity contribution in [2.75, 3.05) is 6.54 Å². The molecule has 88 valence electrons. The smallest absolute Gasteiger partial charge is 0.177 e. The fourth-order valence-corrected chi connectivity index (χ4v) is 2.28. The van der Waals surface area contributed by atoms with Crippen LogP contribution in [0.15, 0.2) is 12.1 Å². The standard InChI is InChI=1S/C12H14ClF2N/c1-7-2-3-11(16-6-7)8-4-9(13)12(15)10(14)5-8/h4-5,7,11,16H,2-3,6H2,1H3. The molecule has 1 aromatic carbocycles. The Kier molecular flexibility index (Phi) is 3.45. The van der Waals surface area contributed by atoms with E-state index in [1.165, 1.54) is 12.1 Å². The summed E-state index contributed by atoms with van der Waals surface area (Å²) in [7, 11) is 0. The summed E-state index contributed by atoms with van der Waals surface area (Å²) in [5, 5.41) is 3.17. The van der Waals surface area contributed by atoms with Crippen LogP contribution in [0.4, 0.5) is 8.78 Å². The summed E-state index contributed by atoms with van der Waals surface area (Å²) >= 11 is 5.62. The van der Waals surface area contributed by atoms with Crippen LogP contribution in [0, 0.1) is 17.6 Å². The van der Waals surface area contributed by atoms with E-state index in [0.29, 0.717) is 5.92 Å². The number of piperidine rings is 1. The Bertz CT molecular complexity index is 364. The Morgan fingerprint density at radius 3 is 2.62 bits per heavy atom. The molecule has 4 heteroatoms. The van der Waals surface area contributed by atoms with Crippen molar-refractivity contribution in [3.8, 4) is 0 Å². The van der Waals surface area contributed by atoms with Gasteiger partial charge >= 0.3 is 0 Å². The van der Waals surface area contributed by atoms with Gasteiger partial charge < -0.3 is 5.32 Å². The predicted molar refractivity (Wildman–Crippen MR) is 60.5 cm³/mol. The zero-order chi connectivity index (χ0) is 11.7. The number of hydrogen-bond acceptors (Lipinski definition) is 1. The van der Waals surface area contributed by atoms with Gasteiger partial charge in [0, 0.05) is 6.04 Å². The van der Waals surface area contributed by atoms with Gasteiger partial charge in [0.05, 0.1) is 5.02 Å². The van der Waals surface area contributed by atoms with Crippen molar-refractivity contribution in [2.45, 2.75) is 25.8 Å². The van der Waals surface area contributed by atoms with Gasteiger partial charge in [-0.2, -0.15) is 0 Å². The second-order valence-electron chi connectivity index (χ2n) is 4.44. The third-order valence-corrected chi connectivity index (χ3v) is 3.34. The lowest BCUT2D eigenvalue weighted by Gasteiger charge is -2.28.